The molecule has 0 spiro atoms. The molecule has 0 aromatic heterocycles. The van der Waals surface area contributed by atoms with Crippen molar-refractivity contribution in [2.45, 2.75) is 9.79 Å². The third kappa shape index (κ3) is 5.13. The van der Waals surface area contributed by atoms with Gasteiger partial charge in [0.25, 0.3) is 0 Å². The van der Waals surface area contributed by atoms with E-state index < -0.39 is 41.8 Å². The zero-order valence-corrected chi connectivity index (χ0v) is 16.9. The number of hydrogen-bond donors (Lipinski definition) is 2. The molecule has 0 heterocycles. The Labute approximate surface area is 171 Å². The smallest absolute Gasteiger partial charge is 0.478 e. The van der Waals surface area contributed by atoms with Gasteiger partial charge in [0.1, 0.15) is 20.0 Å². The Bertz CT molecular complexity index is 1050. The summed E-state index contributed by atoms with van der Waals surface area (Å²) in [6.45, 7) is 0. The Balaban J connectivity index is 0.00000338. The van der Waals surface area contributed by atoms with Crippen LogP contribution >= 0.6 is 0 Å². The van der Waals surface area contributed by atoms with E-state index in [1.165, 1.54) is 0 Å². The van der Waals surface area contributed by atoms with Crippen molar-refractivity contribution < 1.29 is 66.2 Å². The second-order valence-corrected chi connectivity index (χ2v) is 8.13. The van der Waals surface area contributed by atoms with Crippen molar-refractivity contribution >= 4 is 32.0 Å². The van der Waals surface area contributed by atoms with Crippen LogP contribution in [0, 0.1) is 0 Å². The number of hydrogen-bond acceptors (Lipinski definition) is 6. The zero-order valence-electron chi connectivity index (χ0n) is 13.2. The summed E-state index contributed by atoms with van der Waals surface area (Å²) in [5.74, 6) is -2.66. The molecule has 2 rings (SSSR count). The van der Waals surface area contributed by atoms with E-state index in [0.29, 0.717) is 0 Å². The molecule has 0 amide bonds. The summed E-state index contributed by atoms with van der Waals surface area (Å²) in [5, 5.41) is 17.6. The molecule has 0 bridgehead atoms. The van der Waals surface area contributed by atoms with Gasteiger partial charge in [0.05, 0.1) is 11.1 Å². The van der Waals surface area contributed by atoms with Crippen LogP contribution in [0.3, 0.4) is 0 Å². The first-order valence-electron chi connectivity index (χ1n) is 6.44. The van der Waals surface area contributed by atoms with Gasteiger partial charge < -0.3 is 14.3 Å². The van der Waals surface area contributed by atoms with Crippen molar-refractivity contribution in [3.63, 3.8) is 0 Å². The molecule has 0 aliphatic heterocycles. The minimum Gasteiger partial charge on any atom is -0.478 e. The number of aromatic carboxylic acids is 2. The fourth-order valence-corrected chi connectivity index (χ4v) is 4.50. The molecule has 0 saturated heterocycles. The van der Waals surface area contributed by atoms with Crippen molar-refractivity contribution in [2.24, 2.45) is 0 Å². The number of carboxylic acids is 2. The Morgan fingerprint density at radius 3 is 1.73 bits per heavy atom. The summed E-state index contributed by atoms with van der Waals surface area (Å²) >= 11 is 0. The van der Waals surface area contributed by atoms with Crippen LogP contribution in [0.2, 0.25) is 0 Å². The van der Waals surface area contributed by atoms with E-state index in [2.05, 4.69) is 4.13 Å². The van der Waals surface area contributed by atoms with Crippen LogP contribution in [0.4, 0.5) is 0 Å². The van der Waals surface area contributed by atoms with E-state index in [1.807, 2.05) is 0 Å². The van der Waals surface area contributed by atoms with Crippen molar-refractivity contribution in [1.82, 2.24) is 0 Å². The number of carbonyl (C=O) groups is 2. The van der Waals surface area contributed by atoms with Crippen molar-refractivity contribution in [2.75, 3.05) is 0 Å². The standard InChI is InChI=1S/C14H10NO8S2.Na/c16-13(17)9-4-6-11(7-5-9)24(20,21)15-25(22,23)12-3-1-2-10(8-12)14(18)19;/h1-8H,(H,16,17)(H,18,19);/q-1;+1. The van der Waals surface area contributed by atoms with Crippen LogP contribution in [0.25, 0.3) is 4.13 Å². The maximum atomic E-state index is 12.1. The Kier molecular flexibility index (Phi) is 7.10. The van der Waals surface area contributed by atoms with Gasteiger partial charge in [-0.1, -0.05) is 6.07 Å². The van der Waals surface area contributed by atoms with E-state index >= 15 is 0 Å². The molecule has 2 aromatic carbocycles. The third-order valence-corrected chi connectivity index (χ3v) is 6.26. The van der Waals surface area contributed by atoms with E-state index in [4.69, 9.17) is 10.2 Å². The van der Waals surface area contributed by atoms with E-state index in [9.17, 15) is 26.4 Å². The topological polar surface area (TPSA) is 157 Å². The second-order valence-electron chi connectivity index (χ2n) is 4.69. The minimum atomic E-state index is -4.69. The van der Waals surface area contributed by atoms with Gasteiger partial charge in [-0.3, -0.25) is 0 Å². The molecule has 9 nitrogen and oxygen atoms in total. The average molecular weight is 407 g/mol. The summed E-state index contributed by atoms with van der Waals surface area (Å²) in [5.41, 5.74) is -0.532. The van der Waals surface area contributed by atoms with Crippen LogP contribution in [0.1, 0.15) is 20.7 Å². The van der Waals surface area contributed by atoms with Gasteiger partial charge in [-0.25, -0.2) is 26.4 Å². The first-order chi connectivity index (χ1) is 11.5. The second kappa shape index (κ2) is 8.29. The van der Waals surface area contributed by atoms with Crippen LogP contribution < -0.4 is 29.6 Å². The monoisotopic (exact) mass is 407 g/mol. The SMILES string of the molecule is O=C(O)c1ccc(S(=O)(=O)[N-]S(=O)(=O)c2cccc(C(=O)O)c2)cc1.[Na+]. The number of rotatable bonds is 6. The molecular formula is C14H10NNaO8S2. The van der Waals surface area contributed by atoms with Gasteiger partial charge >= 0.3 is 41.5 Å². The van der Waals surface area contributed by atoms with Gasteiger partial charge in [-0.15, -0.1) is 0 Å². The van der Waals surface area contributed by atoms with Gasteiger partial charge in [0.2, 0.25) is 0 Å². The quantitative estimate of drug-likeness (QED) is 0.550. The molecule has 12 heteroatoms. The van der Waals surface area contributed by atoms with Crippen LogP contribution in [0.15, 0.2) is 58.3 Å². The normalized spacial score (nSPS) is 11.4. The van der Waals surface area contributed by atoms with Crippen molar-refractivity contribution in [1.29, 1.82) is 0 Å². The third-order valence-electron chi connectivity index (χ3n) is 2.97. The van der Waals surface area contributed by atoms with E-state index in [0.717, 1.165) is 48.5 Å². The molecule has 0 atom stereocenters. The Morgan fingerprint density at radius 2 is 1.23 bits per heavy atom. The fourth-order valence-electron chi connectivity index (χ4n) is 1.77. The predicted molar refractivity (Wildman–Crippen MR) is 84.5 cm³/mol. The number of carboxylic acid groups (broad SMARTS) is 2. The molecule has 0 saturated carbocycles. The van der Waals surface area contributed by atoms with Crippen LogP contribution in [-0.2, 0) is 20.0 Å². The predicted octanol–water partition coefficient (Wildman–Crippen LogP) is -1.46. The molecule has 0 aliphatic rings. The van der Waals surface area contributed by atoms with Crippen molar-refractivity contribution in [3.8, 4) is 0 Å². The summed E-state index contributed by atoms with van der Waals surface area (Å²) in [7, 11) is -9.34. The summed E-state index contributed by atoms with van der Waals surface area (Å²) < 4.78 is 51.4. The molecule has 0 aliphatic carbocycles. The van der Waals surface area contributed by atoms with Gasteiger partial charge in [0, 0.05) is 9.79 Å². The fraction of sp³-hybridized carbons (Fsp3) is 0. The van der Waals surface area contributed by atoms with Crippen LogP contribution in [0.5, 0.6) is 0 Å². The Morgan fingerprint density at radius 1 is 0.731 bits per heavy atom. The van der Waals surface area contributed by atoms with Gasteiger partial charge in [0.15, 0.2) is 0 Å². The molecule has 0 fully saturated rings. The molecular weight excluding hydrogens is 397 g/mol. The molecule has 132 valence electrons. The molecule has 2 N–H and O–H groups in total. The number of sulfonamides is 2. The summed E-state index contributed by atoms with van der Waals surface area (Å²) in [6, 6.07) is 7.86. The maximum Gasteiger partial charge on any atom is 1.00 e. The Hall–Kier alpha value is -1.76. The number of benzene rings is 2. The zero-order chi connectivity index (χ0) is 18.8. The molecule has 0 unspecified atom stereocenters. The number of nitrogens with zero attached hydrogens (tertiary/aromatic N) is 1. The first kappa shape index (κ1) is 22.3. The van der Waals surface area contributed by atoms with Crippen LogP contribution in [-0.4, -0.2) is 39.0 Å². The molecule has 0 radical (unpaired) electrons. The largest absolute Gasteiger partial charge is 1.00 e. The van der Waals surface area contributed by atoms with Gasteiger partial charge in [-0.05, 0) is 42.5 Å². The molecule has 26 heavy (non-hydrogen) atoms. The van der Waals surface area contributed by atoms with Crippen molar-refractivity contribution in [3.05, 3.63) is 63.8 Å². The maximum absolute atomic E-state index is 12.1. The molecule has 2 aromatic rings. The summed E-state index contributed by atoms with van der Waals surface area (Å²) in [6.07, 6.45) is 0. The average Bonchev–Trinajstić information content (AvgIpc) is 2.54. The minimum absolute atomic E-state index is 0. The van der Waals surface area contributed by atoms with E-state index in [1.54, 1.807) is 0 Å². The van der Waals surface area contributed by atoms with Gasteiger partial charge in [-0.2, -0.15) is 0 Å². The summed E-state index contributed by atoms with van der Waals surface area (Å²) in [4.78, 5) is 20.5. The first-order valence-corrected chi connectivity index (χ1v) is 9.32. The van der Waals surface area contributed by atoms with E-state index in [-0.39, 0.29) is 40.7 Å².